The average Bonchev–Trinajstić information content (AvgIpc) is 3.22. The molecule has 0 N–H and O–H groups in total. The molecule has 7 nitrogen and oxygen atoms in total. The molecule has 2 amide bonds. The van der Waals surface area contributed by atoms with Gasteiger partial charge in [-0.2, -0.15) is 5.10 Å². The Balaban J connectivity index is 1.75. The van der Waals surface area contributed by atoms with Crippen molar-refractivity contribution in [1.29, 1.82) is 0 Å². The number of morpholine rings is 1. The molecular formula is C30H35ClN4O3S. The molecule has 39 heavy (non-hydrogen) atoms. The number of aryl methyl sites for hydroxylation is 2. The minimum atomic E-state index is -0.321. The minimum Gasteiger partial charge on any atom is -0.378 e. The van der Waals surface area contributed by atoms with Crippen molar-refractivity contribution < 1.29 is 14.3 Å². The van der Waals surface area contributed by atoms with Crippen LogP contribution in [0.25, 0.3) is 5.69 Å². The summed E-state index contributed by atoms with van der Waals surface area (Å²) >= 11 is 8.00. The average molecular weight is 567 g/mol. The van der Waals surface area contributed by atoms with Gasteiger partial charge in [-0.05, 0) is 43.2 Å². The summed E-state index contributed by atoms with van der Waals surface area (Å²) in [5.41, 5.74) is 5.62. The smallest absolute Gasteiger partial charge is 0.242 e. The normalized spacial score (nSPS) is 18.2. The molecule has 2 aromatic carbocycles. The Morgan fingerprint density at radius 2 is 1.87 bits per heavy atom. The molecule has 206 valence electrons. The van der Waals surface area contributed by atoms with E-state index in [1.165, 1.54) is 0 Å². The molecule has 1 fully saturated rings. The highest BCUT2D eigenvalue weighted by molar-refractivity contribution is 8.00. The molecule has 2 aliphatic heterocycles. The maximum Gasteiger partial charge on any atom is 0.242 e. The van der Waals surface area contributed by atoms with E-state index in [2.05, 4.69) is 46.8 Å². The number of rotatable bonds is 4. The second kappa shape index (κ2) is 11.0. The second-order valence-corrected chi connectivity index (χ2v) is 12.8. The Morgan fingerprint density at radius 1 is 1.13 bits per heavy atom. The van der Waals surface area contributed by atoms with Gasteiger partial charge >= 0.3 is 0 Å². The van der Waals surface area contributed by atoms with Crippen LogP contribution in [0, 0.1) is 13.8 Å². The van der Waals surface area contributed by atoms with Crippen LogP contribution in [-0.4, -0.2) is 65.1 Å². The molecule has 3 heterocycles. The van der Waals surface area contributed by atoms with Gasteiger partial charge in [0.25, 0.3) is 0 Å². The lowest BCUT2D eigenvalue weighted by Crippen LogP contribution is -2.48. The highest BCUT2D eigenvalue weighted by Gasteiger charge is 2.40. The van der Waals surface area contributed by atoms with E-state index < -0.39 is 0 Å². The Labute approximate surface area is 239 Å². The van der Waals surface area contributed by atoms with Gasteiger partial charge in [0.05, 0.1) is 35.6 Å². The highest BCUT2D eigenvalue weighted by Crippen LogP contribution is 2.48. The molecule has 9 heteroatoms. The number of benzene rings is 2. The zero-order valence-electron chi connectivity index (χ0n) is 23.2. The van der Waals surface area contributed by atoms with E-state index in [1.54, 1.807) is 21.6 Å². The van der Waals surface area contributed by atoms with E-state index in [4.69, 9.17) is 21.4 Å². The zero-order valence-corrected chi connectivity index (χ0v) is 24.7. The van der Waals surface area contributed by atoms with E-state index in [0.29, 0.717) is 37.1 Å². The molecule has 5 rings (SSSR count). The van der Waals surface area contributed by atoms with Crippen LogP contribution in [0.5, 0.6) is 0 Å². The van der Waals surface area contributed by atoms with E-state index in [1.807, 2.05) is 35.0 Å². The predicted octanol–water partition coefficient (Wildman–Crippen LogP) is 5.47. The standard InChI is InChI=1S/C30H35ClN4O3S/c1-19-9-10-23(20(2)15-19)35-29-26(28(32-35)30(3,4)5)27(21-7-6-8-22(31)16-21)39-18-25(37)34(29)17-24(36)33-11-13-38-14-12-33/h6-10,15-16,27H,11-14,17-18H2,1-5H3. The lowest BCUT2D eigenvalue weighted by atomic mass is 9.87. The number of thioether (sulfide) groups is 1. The third-order valence-electron chi connectivity index (χ3n) is 7.19. The largest absolute Gasteiger partial charge is 0.378 e. The number of anilines is 1. The van der Waals surface area contributed by atoms with Gasteiger partial charge < -0.3 is 9.64 Å². The predicted molar refractivity (Wildman–Crippen MR) is 157 cm³/mol. The van der Waals surface area contributed by atoms with E-state index >= 15 is 0 Å². The van der Waals surface area contributed by atoms with Gasteiger partial charge in [0.1, 0.15) is 12.4 Å². The molecule has 3 aromatic rings. The van der Waals surface area contributed by atoms with Crippen LogP contribution in [0.2, 0.25) is 5.02 Å². The summed E-state index contributed by atoms with van der Waals surface area (Å²) < 4.78 is 7.34. The van der Waals surface area contributed by atoms with Crippen LogP contribution in [0.3, 0.4) is 0 Å². The molecule has 0 saturated carbocycles. The van der Waals surface area contributed by atoms with Gasteiger partial charge in [-0.15, -0.1) is 11.8 Å². The summed E-state index contributed by atoms with van der Waals surface area (Å²) in [6, 6.07) is 14.0. The van der Waals surface area contributed by atoms with Crippen molar-refractivity contribution in [3.05, 3.63) is 75.4 Å². The number of fused-ring (bicyclic) bond motifs is 1. The van der Waals surface area contributed by atoms with Crippen molar-refractivity contribution in [2.45, 2.75) is 45.3 Å². The van der Waals surface area contributed by atoms with E-state index in [9.17, 15) is 9.59 Å². The topological polar surface area (TPSA) is 67.7 Å². The van der Waals surface area contributed by atoms with Crippen LogP contribution >= 0.6 is 23.4 Å². The van der Waals surface area contributed by atoms with Crippen LogP contribution in [-0.2, 0) is 19.7 Å². The Morgan fingerprint density at radius 3 is 2.54 bits per heavy atom. The van der Waals surface area contributed by atoms with Gasteiger partial charge in [0.2, 0.25) is 11.8 Å². The van der Waals surface area contributed by atoms with Crippen LogP contribution < -0.4 is 4.90 Å². The summed E-state index contributed by atoms with van der Waals surface area (Å²) in [4.78, 5) is 30.8. The SMILES string of the molecule is Cc1ccc(-n2nc(C(C)(C)C)c3c2N(CC(=O)N2CCOCC2)C(=O)CSC3c2cccc(Cl)c2)c(C)c1. The molecule has 2 aliphatic rings. The minimum absolute atomic E-state index is 0.0468. The maximum absolute atomic E-state index is 13.9. The Bertz CT molecular complexity index is 1410. The number of ether oxygens (including phenoxy) is 1. The fourth-order valence-electron chi connectivity index (χ4n) is 5.27. The number of halogens is 1. The molecule has 1 aromatic heterocycles. The fourth-order valence-corrected chi connectivity index (χ4v) is 6.65. The lowest BCUT2D eigenvalue weighted by Gasteiger charge is -2.30. The van der Waals surface area contributed by atoms with Gasteiger partial charge in [0, 0.05) is 29.1 Å². The maximum atomic E-state index is 13.9. The molecule has 1 unspecified atom stereocenters. The molecule has 0 bridgehead atoms. The molecule has 1 saturated heterocycles. The monoisotopic (exact) mass is 566 g/mol. The number of aromatic nitrogens is 2. The van der Waals surface area contributed by atoms with Gasteiger partial charge in [-0.1, -0.05) is 62.2 Å². The van der Waals surface area contributed by atoms with Gasteiger partial charge in [0.15, 0.2) is 0 Å². The highest BCUT2D eigenvalue weighted by atomic mass is 35.5. The summed E-state index contributed by atoms with van der Waals surface area (Å²) in [5, 5.41) is 5.66. The van der Waals surface area contributed by atoms with E-state index in [0.717, 1.165) is 33.6 Å². The Hall–Kier alpha value is -2.81. The van der Waals surface area contributed by atoms with Crippen molar-refractivity contribution in [2.75, 3.05) is 43.5 Å². The summed E-state index contributed by atoms with van der Waals surface area (Å²) in [6.45, 7) is 12.5. The molecule has 0 radical (unpaired) electrons. The number of nitrogens with zero attached hydrogens (tertiary/aromatic N) is 4. The van der Waals surface area contributed by atoms with Crippen molar-refractivity contribution in [3.8, 4) is 5.69 Å². The van der Waals surface area contributed by atoms with Crippen LogP contribution in [0.4, 0.5) is 5.82 Å². The summed E-state index contributed by atoms with van der Waals surface area (Å²) in [6.07, 6.45) is 0. The number of carbonyl (C=O) groups excluding carboxylic acids is 2. The molecule has 1 atom stereocenters. The van der Waals surface area contributed by atoms with Crippen molar-refractivity contribution in [3.63, 3.8) is 0 Å². The number of carbonyl (C=O) groups is 2. The first-order valence-corrected chi connectivity index (χ1v) is 14.7. The summed E-state index contributed by atoms with van der Waals surface area (Å²) in [7, 11) is 0. The first kappa shape index (κ1) is 27.7. The van der Waals surface area contributed by atoms with Crippen molar-refractivity contribution in [1.82, 2.24) is 14.7 Å². The molecular weight excluding hydrogens is 532 g/mol. The number of amides is 2. The van der Waals surface area contributed by atoms with Crippen molar-refractivity contribution in [2.24, 2.45) is 0 Å². The third-order valence-corrected chi connectivity index (χ3v) is 8.68. The van der Waals surface area contributed by atoms with Gasteiger partial charge in [-0.3, -0.25) is 14.5 Å². The molecule has 0 spiro atoms. The first-order valence-electron chi connectivity index (χ1n) is 13.3. The number of hydrogen-bond acceptors (Lipinski definition) is 5. The second-order valence-electron chi connectivity index (χ2n) is 11.3. The Kier molecular flexibility index (Phi) is 7.82. The van der Waals surface area contributed by atoms with Crippen molar-refractivity contribution >= 4 is 41.0 Å². The zero-order chi connectivity index (χ0) is 27.9. The third kappa shape index (κ3) is 5.60. The fraction of sp³-hybridized carbons (Fsp3) is 0.433. The summed E-state index contributed by atoms with van der Waals surface area (Å²) in [5.74, 6) is 0.695. The van der Waals surface area contributed by atoms with E-state index in [-0.39, 0.29) is 34.8 Å². The van der Waals surface area contributed by atoms with Crippen LogP contribution in [0.15, 0.2) is 42.5 Å². The molecule has 0 aliphatic carbocycles. The van der Waals surface area contributed by atoms with Gasteiger partial charge in [-0.25, -0.2) is 4.68 Å². The lowest BCUT2D eigenvalue weighted by molar-refractivity contribution is -0.134. The van der Waals surface area contributed by atoms with Crippen LogP contribution in [0.1, 0.15) is 54.0 Å². The number of hydrogen-bond donors (Lipinski definition) is 0. The quantitative estimate of drug-likeness (QED) is 0.419. The first-order chi connectivity index (χ1) is 18.5.